The molecule has 2 aromatic rings. The number of benzene rings is 1. The number of hydrogen-bond donors (Lipinski definition) is 1. The number of nitrogens with one attached hydrogen (secondary N) is 1. The first-order chi connectivity index (χ1) is 10.7. The summed E-state index contributed by atoms with van der Waals surface area (Å²) >= 11 is 4.85. The molecule has 0 atom stereocenters. The van der Waals surface area contributed by atoms with E-state index in [0.717, 1.165) is 20.9 Å². The number of H-pyrrole nitrogens is 1. The summed E-state index contributed by atoms with van der Waals surface area (Å²) in [7, 11) is 0. The standard InChI is InChI=1S/C15H16BrN3O2S/c16-12-3-1-11(2-4-12)13-9-17-15(18-13)22-10-14(20)19-5-7-21-8-6-19/h1-4,9H,5-8,10H2,(H,17,18). The van der Waals surface area contributed by atoms with Gasteiger partial charge in [0.05, 0.1) is 30.9 Å². The van der Waals surface area contributed by atoms with Crippen LogP contribution in [0.2, 0.25) is 0 Å². The van der Waals surface area contributed by atoms with E-state index in [4.69, 9.17) is 4.74 Å². The number of carbonyl (C=O) groups excluding carboxylic acids is 1. The molecule has 0 saturated carbocycles. The number of morpholine rings is 1. The van der Waals surface area contributed by atoms with Crippen molar-refractivity contribution in [3.05, 3.63) is 34.9 Å². The van der Waals surface area contributed by atoms with E-state index in [1.165, 1.54) is 11.8 Å². The summed E-state index contributed by atoms with van der Waals surface area (Å²) in [6.45, 7) is 2.62. The lowest BCUT2D eigenvalue weighted by atomic mass is 10.2. The van der Waals surface area contributed by atoms with Crippen LogP contribution in [0.3, 0.4) is 0 Å². The van der Waals surface area contributed by atoms with Gasteiger partial charge in [0.15, 0.2) is 5.16 Å². The van der Waals surface area contributed by atoms with E-state index in [1.54, 1.807) is 6.20 Å². The molecule has 3 rings (SSSR count). The van der Waals surface area contributed by atoms with Crippen molar-refractivity contribution in [3.63, 3.8) is 0 Å². The van der Waals surface area contributed by atoms with Gasteiger partial charge in [-0.05, 0) is 17.7 Å². The number of hydrogen-bond acceptors (Lipinski definition) is 4. The van der Waals surface area contributed by atoms with Gasteiger partial charge in [-0.15, -0.1) is 0 Å². The minimum atomic E-state index is 0.134. The van der Waals surface area contributed by atoms with E-state index in [-0.39, 0.29) is 5.91 Å². The molecule has 0 aliphatic carbocycles. The molecule has 1 N–H and O–H groups in total. The number of carbonyl (C=O) groups is 1. The molecule has 1 aromatic carbocycles. The highest BCUT2D eigenvalue weighted by molar-refractivity contribution is 9.10. The molecule has 0 unspecified atom stereocenters. The van der Waals surface area contributed by atoms with Crippen LogP contribution in [0.15, 0.2) is 40.1 Å². The maximum Gasteiger partial charge on any atom is 0.233 e. The predicted molar refractivity (Wildman–Crippen MR) is 89.8 cm³/mol. The summed E-state index contributed by atoms with van der Waals surface area (Å²) in [4.78, 5) is 21.5. The van der Waals surface area contributed by atoms with Gasteiger partial charge in [-0.1, -0.05) is 39.8 Å². The van der Waals surface area contributed by atoms with E-state index >= 15 is 0 Å². The van der Waals surface area contributed by atoms with Crippen LogP contribution in [0.25, 0.3) is 11.3 Å². The summed E-state index contributed by atoms with van der Waals surface area (Å²) in [6.07, 6.45) is 1.80. The van der Waals surface area contributed by atoms with Crippen molar-refractivity contribution in [2.45, 2.75) is 5.16 Å². The smallest absolute Gasteiger partial charge is 0.233 e. The molecule has 0 spiro atoms. The highest BCUT2D eigenvalue weighted by Crippen LogP contribution is 2.23. The average molecular weight is 382 g/mol. The van der Waals surface area contributed by atoms with Crippen LogP contribution in [0.5, 0.6) is 0 Å². The zero-order chi connectivity index (χ0) is 15.4. The molecule has 1 aromatic heterocycles. The van der Waals surface area contributed by atoms with E-state index < -0.39 is 0 Å². The number of aromatic amines is 1. The highest BCUT2D eigenvalue weighted by atomic mass is 79.9. The summed E-state index contributed by atoms with van der Waals surface area (Å²) < 4.78 is 6.29. The quantitative estimate of drug-likeness (QED) is 0.827. The largest absolute Gasteiger partial charge is 0.378 e. The third kappa shape index (κ3) is 3.91. The van der Waals surface area contributed by atoms with Gasteiger partial charge >= 0.3 is 0 Å². The van der Waals surface area contributed by atoms with Crippen molar-refractivity contribution >= 4 is 33.6 Å². The summed E-state index contributed by atoms with van der Waals surface area (Å²) in [5.41, 5.74) is 2.02. The van der Waals surface area contributed by atoms with Crippen LogP contribution in [0.1, 0.15) is 0 Å². The number of rotatable bonds is 4. The molecule has 22 heavy (non-hydrogen) atoms. The maximum absolute atomic E-state index is 12.1. The Morgan fingerprint density at radius 3 is 2.77 bits per heavy atom. The first-order valence-corrected chi connectivity index (χ1v) is 8.79. The highest BCUT2D eigenvalue weighted by Gasteiger charge is 2.17. The number of thioether (sulfide) groups is 1. The number of aromatic nitrogens is 2. The Balaban J connectivity index is 1.57. The van der Waals surface area contributed by atoms with E-state index in [1.807, 2.05) is 29.2 Å². The molecule has 5 nitrogen and oxygen atoms in total. The van der Waals surface area contributed by atoms with E-state index in [0.29, 0.717) is 32.1 Å². The van der Waals surface area contributed by atoms with E-state index in [2.05, 4.69) is 25.9 Å². The van der Waals surface area contributed by atoms with Gasteiger partial charge in [0.25, 0.3) is 0 Å². The second-order valence-electron chi connectivity index (χ2n) is 4.89. The SMILES string of the molecule is O=C(CSc1ncc(-c2ccc(Br)cc2)[nH]1)N1CCOCC1. The number of imidazole rings is 1. The van der Waals surface area contributed by atoms with Crippen molar-refractivity contribution < 1.29 is 9.53 Å². The second-order valence-corrected chi connectivity index (χ2v) is 6.77. The summed E-state index contributed by atoms with van der Waals surface area (Å²) in [6, 6.07) is 8.02. The maximum atomic E-state index is 12.1. The normalized spacial score (nSPS) is 15.0. The fourth-order valence-electron chi connectivity index (χ4n) is 2.19. The van der Waals surface area contributed by atoms with Crippen LogP contribution in [-0.2, 0) is 9.53 Å². The zero-order valence-corrected chi connectivity index (χ0v) is 14.3. The fraction of sp³-hybridized carbons (Fsp3) is 0.333. The molecule has 0 bridgehead atoms. The average Bonchev–Trinajstić information content (AvgIpc) is 3.03. The summed E-state index contributed by atoms with van der Waals surface area (Å²) in [5.74, 6) is 0.530. The van der Waals surface area contributed by atoms with Crippen LogP contribution in [0, 0.1) is 0 Å². The molecule has 1 amide bonds. The van der Waals surface area contributed by atoms with Crippen molar-refractivity contribution in [2.24, 2.45) is 0 Å². The van der Waals surface area contributed by atoms with Gasteiger partial charge in [0, 0.05) is 17.6 Å². The van der Waals surface area contributed by atoms with Gasteiger partial charge in [-0.25, -0.2) is 4.98 Å². The number of ether oxygens (including phenoxy) is 1. The van der Waals surface area contributed by atoms with Crippen LogP contribution >= 0.6 is 27.7 Å². The Bertz CT molecular complexity index is 638. The Morgan fingerprint density at radius 2 is 2.05 bits per heavy atom. The first-order valence-electron chi connectivity index (χ1n) is 7.01. The Kier molecular flexibility index (Phi) is 5.17. The molecule has 1 aliphatic heterocycles. The van der Waals surface area contributed by atoms with Gasteiger partial charge in [0.1, 0.15) is 0 Å². The van der Waals surface area contributed by atoms with Crippen molar-refractivity contribution in [1.82, 2.24) is 14.9 Å². The third-order valence-corrected chi connectivity index (χ3v) is 4.80. The predicted octanol–water partition coefficient (Wildman–Crippen LogP) is 2.79. The number of amides is 1. The molecule has 0 radical (unpaired) electrons. The van der Waals surface area contributed by atoms with Crippen molar-refractivity contribution in [3.8, 4) is 11.3 Å². The molecular weight excluding hydrogens is 366 g/mol. The monoisotopic (exact) mass is 381 g/mol. The molecular formula is C15H16BrN3O2S. The van der Waals surface area contributed by atoms with Crippen molar-refractivity contribution in [1.29, 1.82) is 0 Å². The number of halogens is 1. The Labute approximate surface area is 141 Å². The first kappa shape index (κ1) is 15.6. The fourth-order valence-corrected chi connectivity index (χ4v) is 3.20. The molecule has 2 heterocycles. The minimum Gasteiger partial charge on any atom is -0.378 e. The Hall–Kier alpha value is -1.31. The zero-order valence-electron chi connectivity index (χ0n) is 11.9. The van der Waals surface area contributed by atoms with E-state index in [9.17, 15) is 4.79 Å². The molecule has 1 aliphatic rings. The van der Waals surface area contributed by atoms with Crippen molar-refractivity contribution in [2.75, 3.05) is 32.1 Å². The van der Waals surface area contributed by atoms with Crippen LogP contribution in [0.4, 0.5) is 0 Å². The lowest BCUT2D eigenvalue weighted by molar-refractivity contribution is -0.132. The third-order valence-electron chi connectivity index (χ3n) is 3.40. The molecule has 116 valence electrons. The van der Waals surface area contributed by atoms with Gasteiger partial charge < -0.3 is 14.6 Å². The lowest BCUT2D eigenvalue weighted by Crippen LogP contribution is -2.41. The van der Waals surface area contributed by atoms with Crippen LogP contribution < -0.4 is 0 Å². The second kappa shape index (κ2) is 7.30. The summed E-state index contributed by atoms with van der Waals surface area (Å²) in [5, 5.41) is 0.763. The van der Waals surface area contributed by atoms with Gasteiger partial charge in [0.2, 0.25) is 5.91 Å². The minimum absolute atomic E-state index is 0.134. The molecule has 1 saturated heterocycles. The molecule has 1 fully saturated rings. The van der Waals surface area contributed by atoms with Crippen LogP contribution in [-0.4, -0.2) is 52.8 Å². The number of nitrogens with zero attached hydrogens (tertiary/aromatic N) is 2. The van der Waals surface area contributed by atoms with Gasteiger partial charge in [-0.3, -0.25) is 4.79 Å². The Morgan fingerprint density at radius 1 is 1.32 bits per heavy atom. The lowest BCUT2D eigenvalue weighted by Gasteiger charge is -2.26. The topological polar surface area (TPSA) is 58.2 Å². The molecule has 7 heteroatoms. The van der Waals surface area contributed by atoms with Gasteiger partial charge in [-0.2, -0.15) is 0 Å².